The number of nitrogens with zero attached hydrogens (tertiary/aromatic N) is 1. The lowest BCUT2D eigenvalue weighted by atomic mass is 10.1. The van der Waals surface area contributed by atoms with Crippen LogP contribution in [0.5, 0.6) is 5.75 Å². The molecule has 0 aliphatic heterocycles. The first kappa shape index (κ1) is 10.2. The first-order chi connectivity index (χ1) is 7.68. The predicted molar refractivity (Wildman–Crippen MR) is 54.6 cm³/mol. The molecule has 16 heavy (non-hydrogen) atoms. The number of phenols is 1. The zero-order valence-corrected chi connectivity index (χ0v) is 8.07. The molecule has 0 saturated carbocycles. The molecule has 0 bridgehead atoms. The standard InChI is InChI=1S/C10H8FN3O2/c11-7-2-1-3-8(15)9(7)10(16)14-6-4-12-13-5-6/h1-5,15H,(H,12,13)(H,14,16). The number of carbonyl (C=O) groups is 1. The van der Waals surface area contributed by atoms with Crippen molar-refractivity contribution < 1.29 is 14.3 Å². The maximum Gasteiger partial charge on any atom is 0.262 e. The Morgan fingerprint density at radius 3 is 2.94 bits per heavy atom. The van der Waals surface area contributed by atoms with Crippen LogP contribution < -0.4 is 5.32 Å². The lowest BCUT2D eigenvalue weighted by Crippen LogP contribution is -2.13. The summed E-state index contributed by atoms with van der Waals surface area (Å²) in [5.74, 6) is -1.90. The van der Waals surface area contributed by atoms with Gasteiger partial charge in [-0.3, -0.25) is 9.89 Å². The molecule has 3 N–H and O–H groups in total. The Bertz CT molecular complexity index is 491. The minimum absolute atomic E-state index is 0.385. The van der Waals surface area contributed by atoms with E-state index in [4.69, 9.17) is 0 Å². The summed E-state index contributed by atoms with van der Waals surface area (Å²) in [6.45, 7) is 0. The van der Waals surface area contributed by atoms with Gasteiger partial charge in [-0.2, -0.15) is 5.10 Å². The summed E-state index contributed by atoms with van der Waals surface area (Å²) < 4.78 is 13.3. The second-order valence-electron chi connectivity index (χ2n) is 3.08. The summed E-state index contributed by atoms with van der Waals surface area (Å²) in [4.78, 5) is 11.6. The fourth-order valence-corrected chi connectivity index (χ4v) is 1.25. The number of carbonyl (C=O) groups excluding carboxylic acids is 1. The van der Waals surface area contributed by atoms with Crippen molar-refractivity contribution in [2.45, 2.75) is 0 Å². The van der Waals surface area contributed by atoms with E-state index < -0.39 is 17.5 Å². The van der Waals surface area contributed by atoms with Crippen LogP contribution in [0.15, 0.2) is 30.6 Å². The zero-order valence-electron chi connectivity index (χ0n) is 8.07. The van der Waals surface area contributed by atoms with Crippen molar-refractivity contribution in [1.82, 2.24) is 10.2 Å². The normalized spacial score (nSPS) is 10.1. The summed E-state index contributed by atoms with van der Waals surface area (Å²) >= 11 is 0. The third-order valence-corrected chi connectivity index (χ3v) is 1.97. The molecule has 1 aromatic heterocycles. The topological polar surface area (TPSA) is 78.0 Å². The molecule has 0 atom stereocenters. The van der Waals surface area contributed by atoms with E-state index in [9.17, 15) is 14.3 Å². The summed E-state index contributed by atoms with van der Waals surface area (Å²) in [5, 5.41) is 17.9. The minimum Gasteiger partial charge on any atom is -0.507 e. The zero-order chi connectivity index (χ0) is 11.5. The smallest absolute Gasteiger partial charge is 0.262 e. The molecule has 6 heteroatoms. The number of hydrogen-bond acceptors (Lipinski definition) is 3. The van der Waals surface area contributed by atoms with Gasteiger partial charge in [0.1, 0.15) is 17.1 Å². The number of hydrogen-bond donors (Lipinski definition) is 3. The molecule has 0 saturated heterocycles. The third kappa shape index (κ3) is 1.85. The number of rotatable bonds is 2. The number of aromatic amines is 1. The molecule has 0 fully saturated rings. The van der Waals surface area contributed by atoms with Crippen LogP contribution in [-0.2, 0) is 0 Å². The molecule has 2 aromatic rings. The Labute approximate surface area is 89.9 Å². The fraction of sp³-hybridized carbons (Fsp3) is 0. The summed E-state index contributed by atoms with van der Waals surface area (Å²) in [5.41, 5.74) is 0.0105. The molecule has 1 amide bonds. The monoisotopic (exact) mass is 221 g/mol. The molecule has 0 spiro atoms. The molecule has 0 unspecified atom stereocenters. The number of aromatic nitrogens is 2. The highest BCUT2D eigenvalue weighted by molar-refractivity contribution is 6.06. The van der Waals surface area contributed by atoms with Crippen LogP contribution in [0.2, 0.25) is 0 Å². The lowest BCUT2D eigenvalue weighted by molar-refractivity contribution is 0.102. The van der Waals surface area contributed by atoms with Gasteiger partial charge in [-0.25, -0.2) is 4.39 Å². The maximum atomic E-state index is 13.3. The van der Waals surface area contributed by atoms with E-state index in [2.05, 4.69) is 15.5 Å². The predicted octanol–water partition coefficient (Wildman–Crippen LogP) is 1.51. The molecule has 5 nitrogen and oxygen atoms in total. The van der Waals surface area contributed by atoms with Crippen molar-refractivity contribution in [3.63, 3.8) is 0 Å². The number of anilines is 1. The summed E-state index contributed by atoms with van der Waals surface area (Å²) in [7, 11) is 0. The number of nitrogens with one attached hydrogen (secondary N) is 2. The van der Waals surface area contributed by atoms with Crippen LogP contribution >= 0.6 is 0 Å². The van der Waals surface area contributed by atoms with E-state index in [1.807, 2.05) is 0 Å². The Kier molecular flexibility index (Phi) is 2.55. The van der Waals surface area contributed by atoms with Gasteiger partial charge in [0.05, 0.1) is 11.9 Å². The Hall–Kier alpha value is -2.37. The SMILES string of the molecule is O=C(Nc1cn[nH]c1)c1c(O)cccc1F. The Morgan fingerprint density at radius 1 is 1.50 bits per heavy atom. The highest BCUT2D eigenvalue weighted by atomic mass is 19.1. The van der Waals surface area contributed by atoms with Gasteiger partial charge < -0.3 is 10.4 Å². The molecule has 0 aliphatic carbocycles. The van der Waals surface area contributed by atoms with Crippen molar-refractivity contribution in [3.05, 3.63) is 42.0 Å². The van der Waals surface area contributed by atoms with Gasteiger partial charge in [0, 0.05) is 6.20 Å². The Morgan fingerprint density at radius 2 is 2.31 bits per heavy atom. The maximum absolute atomic E-state index is 13.3. The number of H-pyrrole nitrogens is 1. The minimum atomic E-state index is -0.777. The molecule has 82 valence electrons. The molecular weight excluding hydrogens is 213 g/mol. The van der Waals surface area contributed by atoms with Gasteiger partial charge in [0.25, 0.3) is 5.91 Å². The average molecular weight is 221 g/mol. The lowest BCUT2D eigenvalue weighted by Gasteiger charge is -2.05. The van der Waals surface area contributed by atoms with E-state index in [1.54, 1.807) is 0 Å². The molecule has 2 rings (SSSR count). The first-order valence-corrected chi connectivity index (χ1v) is 4.46. The first-order valence-electron chi connectivity index (χ1n) is 4.46. The fourth-order valence-electron chi connectivity index (χ4n) is 1.25. The number of phenolic OH excluding ortho intramolecular Hbond substituents is 1. The van der Waals surface area contributed by atoms with Crippen molar-refractivity contribution >= 4 is 11.6 Å². The van der Waals surface area contributed by atoms with Gasteiger partial charge in [0.2, 0.25) is 0 Å². The van der Waals surface area contributed by atoms with E-state index in [1.165, 1.54) is 24.5 Å². The largest absolute Gasteiger partial charge is 0.507 e. The molecular formula is C10H8FN3O2. The van der Waals surface area contributed by atoms with Gasteiger partial charge >= 0.3 is 0 Å². The van der Waals surface area contributed by atoms with Crippen LogP contribution in [0.1, 0.15) is 10.4 Å². The van der Waals surface area contributed by atoms with E-state index >= 15 is 0 Å². The molecule has 0 aliphatic rings. The van der Waals surface area contributed by atoms with E-state index in [-0.39, 0.29) is 5.56 Å². The second kappa shape index (κ2) is 4.01. The van der Waals surface area contributed by atoms with Crippen molar-refractivity contribution in [3.8, 4) is 5.75 Å². The molecule has 1 aromatic carbocycles. The van der Waals surface area contributed by atoms with Gasteiger partial charge in [-0.1, -0.05) is 6.07 Å². The van der Waals surface area contributed by atoms with E-state index in [0.717, 1.165) is 6.07 Å². The quantitative estimate of drug-likeness (QED) is 0.719. The second-order valence-corrected chi connectivity index (χ2v) is 3.08. The van der Waals surface area contributed by atoms with Crippen molar-refractivity contribution in [1.29, 1.82) is 0 Å². The highest BCUT2D eigenvalue weighted by Gasteiger charge is 2.16. The summed E-state index contributed by atoms with van der Waals surface area (Å²) in [6.07, 6.45) is 2.81. The van der Waals surface area contributed by atoms with Crippen LogP contribution in [0.4, 0.5) is 10.1 Å². The van der Waals surface area contributed by atoms with Gasteiger partial charge in [-0.05, 0) is 12.1 Å². The van der Waals surface area contributed by atoms with Crippen LogP contribution in [0.3, 0.4) is 0 Å². The van der Waals surface area contributed by atoms with Crippen LogP contribution in [-0.4, -0.2) is 21.2 Å². The van der Waals surface area contributed by atoms with Crippen LogP contribution in [0.25, 0.3) is 0 Å². The number of aromatic hydroxyl groups is 1. The third-order valence-electron chi connectivity index (χ3n) is 1.97. The summed E-state index contributed by atoms with van der Waals surface area (Å²) in [6, 6.07) is 3.66. The number of benzene rings is 1. The molecule has 0 radical (unpaired) electrons. The van der Waals surface area contributed by atoms with Gasteiger partial charge in [0.15, 0.2) is 0 Å². The van der Waals surface area contributed by atoms with Gasteiger partial charge in [-0.15, -0.1) is 0 Å². The van der Waals surface area contributed by atoms with Crippen molar-refractivity contribution in [2.75, 3.05) is 5.32 Å². The van der Waals surface area contributed by atoms with Crippen LogP contribution in [0, 0.1) is 5.82 Å². The highest BCUT2D eigenvalue weighted by Crippen LogP contribution is 2.20. The molecule has 1 heterocycles. The number of amides is 1. The number of halogens is 1. The average Bonchev–Trinajstić information content (AvgIpc) is 2.70. The van der Waals surface area contributed by atoms with Crippen molar-refractivity contribution in [2.24, 2.45) is 0 Å². The Balaban J connectivity index is 2.28. The van der Waals surface area contributed by atoms with E-state index in [0.29, 0.717) is 5.69 Å².